The Hall–Kier alpha value is -2.40. The van der Waals surface area contributed by atoms with E-state index < -0.39 is 0 Å². The Morgan fingerprint density at radius 1 is 1.19 bits per heavy atom. The normalized spacial score (nSPS) is 11.3. The number of aromatic nitrogens is 2. The number of allylic oxidation sites excluding steroid dienone is 1. The molecule has 0 unspecified atom stereocenters. The number of para-hydroxylation sites is 2. The first-order valence-electron chi connectivity index (χ1n) is 8.76. The molecule has 1 aromatic heterocycles. The van der Waals surface area contributed by atoms with Gasteiger partial charge in [0, 0.05) is 24.0 Å². The topological polar surface area (TPSA) is 46.9 Å². The lowest BCUT2D eigenvalue weighted by atomic mass is 10.2. The van der Waals surface area contributed by atoms with Gasteiger partial charge in [0.25, 0.3) is 0 Å². The van der Waals surface area contributed by atoms with Crippen LogP contribution in [0.1, 0.15) is 24.7 Å². The van der Waals surface area contributed by atoms with Gasteiger partial charge in [-0.2, -0.15) is 0 Å². The number of benzene rings is 2. The van der Waals surface area contributed by atoms with Gasteiger partial charge in [-0.05, 0) is 49.2 Å². The second-order valence-corrected chi connectivity index (χ2v) is 7.04. The summed E-state index contributed by atoms with van der Waals surface area (Å²) < 4.78 is 3.35. The molecule has 1 heterocycles. The summed E-state index contributed by atoms with van der Waals surface area (Å²) >= 11 is 3.48. The van der Waals surface area contributed by atoms with Gasteiger partial charge in [0.1, 0.15) is 5.82 Å². The molecule has 0 fully saturated rings. The number of fused-ring (bicyclic) bond motifs is 1. The van der Waals surface area contributed by atoms with Crippen LogP contribution in [0.3, 0.4) is 0 Å². The summed E-state index contributed by atoms with van der Waals surface area (Å²) in [6.07, 6.45) is 4.96. The fourth-order valence-corrected chi connectivity index (χ4v) is 3.20. The van der Waals surface area contributed by atoms with Crippen molar-refractivity contribution in [1.82, 2.24) is 14.9 Å². The molecule has 1 N–H and O–H groups in total. The highest BCUT2D eigenvalue weighted by molar-refractivity contribution is 9.10. The third-order valence-corrected chi connectivity index (χ3v) is 4.71. The van der Waals surface area contributed by atoms with Crippen LogP contribution in [0, 0.1) is 0 Å². The molecule has 0 spiro atoms. The molecule has 3 aromatic rings. The van der Waals surface area contributed by atoms with Gasteiger partial charge in [-0.3, -0.25) is 4.79 Å². The number of nitrogens with zero attached hydrogens (tertiary/aromatic N) is 2. The Morgan fingerprint density at radius 3 is 2.73 bits per heavy atom. The Labute approximate surface area is 162 Å². The minimum Gasteiger partial charge on any atom is -0.353 e. The quantitative estimate of drug-likeness (QED) is 0.460. The maximum absolute atomic E-state index is 11.5. The van der Waals surface area contributed by atoms with Crippen molar-refractivity contribution in [3.8, 4) is 0 Å². The van der Waals surface area contributed by atoms with Crippen molar-refractivity contribution in [3.63, 3.8) is 0 Å². The molecule has 0 radical (unpaired) electrons. The van der Waals surface area contributed by atoms with Crippen LogP contribution in [-0.2, 0) is 17.8 Å². The number of hydrogen-bond acceptors (Lipinski definition) is 2. The minimum atomic E-state index is -0.0455. The second kappa shape index (κ2) is 8.81. The second-order valence-electron chi connectivity index (χ2n) is 6.12. The van der Waals surface area contributed by atoms with Crippen LogP contribution in [0.5, 0.6) is 0 Å². The van der Waals surface area contributed by atoms with Crippen molar-refractivity contribution in [2.45, 2.75) is 26.3 Å². The molecular formula is C21H22BrN3O. The molecule has 26 heavy (non-hydrogen) atoms. The lowest BCUT2D eigenvalue weighted by molar-refractivity contribution is -0.116. The number of rotatable bonds is 7. The fraction of sp³-hybridized carbons (Fsp3) is 0.238. The molecule has 3 rings (SSSR count). The summed E-state index contributed by atoms with van der Waals surface area (Å²) in [4.78, 5) is 16.3. The zero-order valence-electron chi connectivity index (χ0n) is 14.8. The molecule has 5 heteroatoms. The molecule has 0 aliphatic carbocycles. The molecule has 0 saturated carbocycles. The van der Waals surface area contributed by atoms with E-state index in [0.29, 0.717) is 6.54 Å². The molecule has 0 atom stereocenters. The van der Waals surface area contributed by atoms with Crippen LogP contribution < -0.4 is 5.32 Å². The van der Waals surface area contributed by atoms with Crippen LogP contribution in [0.4, 0.5) is 0 Å². The van der Waals surface area contributed by atoms with Gasteiger partial charge >= 0.3 is 0 Å². The number of hydrogen-bond donors (Lipinski definition) is 1. The van der Waals surface area contributed by atoms with Gasteiger partial charge in [-0.25, -0.2) is 4.98 Å². The summed E-state index contributed by atoms with van der Waals surface area (Å²) in [6, 6.07) is 16.6. The van der Waals surface area contributed by atoms with Gasteiger partial charge < -0.3 is 9.88 Å². The number of halogens is 1. The Bertz CT molecular complexity index is 913. The minimum absolute atomic E-state index is 0.0455. The molecule has 2 aromatic carbocycles. The van der Waals surface area contributed by atoms with E-state index >= 15 is 0 Å². The highest BCUT2D eigenvalue weighted by Crippen LogP contribution is 2.20. The third-order valence-electron chi connectivity index (χ3n) is 4.18. The zero-order chi connectivity index (χ0) is 18.4. The smallest absolute Gasteiger partial charge is 0.243 e. The van der Waals surface area contributed by atoms with Gasteiger partial charge in [0.2, 0.25) is 5.91 Å². The standard InChI is InChI=1S/C21H22BrN3O/c1-2-6-21(26)23-14-5-9-20-24-18-7-3-4-8-19(18)25(20)15-16-10-12-17(22)13-11-16/h2-4,6-8,10-13H,5,9,14-15H2,1H3,(H,23,26)/b6-2-. The average molecular weight is 412 g/mol. The number of amides is 1. The molecule has 134 valence electrons. The van der Waals surface area contributed by atoms with Crippen LogP contribution in [0.15, 0.2) is 65.2 Å². The van der Waals surface area contributed by atoms with E-state index in [4.69, 9.17) is 4.98 Å². The monoisotopic (exact) mass is 411 g/mol. The van der Waals surface area contributed by atoms with Gasteiger partial charge in [-0.15, -0.1) is 0 Å². The highest BCUT2D eigenvalue weighted by Gasteiger charge is 2.11. The average Bonchev–Trinajstić information content (AvgIpc) is 2.98. The van der Waals surface area contributed by atoms with Crippen molar-refractivity contribution in [2.75, 3.05) is 6.54 Å². The van der Waals surface area contributed by atoms with Gasteiger partial charge in [0.05, 0.1) is 11.0 Å². The first kappa shape index (κ1) is 18.4. The molecule has 0 aliphatic heterocycles. The Morgan fingerprint density at radius 2 is 1.96 bits per heavy atom. The molecule has 0 saturated heterocycles. The van der Waals surface area contributed by atoms with E-state index in [-0.39, 0.29) is 5.91 Å². The van der Waals surface area contributed by atoms with Crippen molar-refractivity contribution in [2.24, 2.45) is 0 Å². The largest absolute Gasteiger partial charge is 0.353 e. The number of nitrogens with one attached hydrogen (secondary N) is 1. The number of imidazole rings is 1. The first-order valence-corrected chi connectivity index (χ1v) is 9.56. The van der Waals surface area contributed by atoms with E-state index in [1.807, 2.05) is 25.1 Å². The predicted octanol–water partition coefficient (Wildman–Crippen LogP) is 4.47. The van der Waals surface area contributed by atoms with Crippen LogP contribution in [0.25, 0.3) is 11.0 Å². The maximum atomic E-state index is 11.5. The number of carbonyl (C=O) groups excluding carboxylic acids is 1. The van der Waals surface area contributed by atoms with E-state index in [0.717, 1.165) is 40.7 Å². The lowest BCUT2D eigenvalue weighted by Crippen LogP contribution is -2.22. The van der Waals surface area contributed by atoms with Crippen LogP contribution in [-0.4, -0.2) is 22.0 Å². The van der Waals surface area contributed by atoms with Gasteiger partial charge in [-0.1, -0.05) is 46.3 Å². The molecular weight excluding hydrogens is 390 g/mol. The first-order chi connectivity index (χ1) is 12.7. The fourth-order valence-electron chi connectivity index (χ4n) is 2.93. The Balaban J connectivity index is 1.76. The number of aryl methyl sites for hydroxylation is 1. The van der Waals surface area contributed by atoms with Crippen molar-refractivity contribution < 1.29 is 4.79 Å². The van der Waals surface area contributed by atoms with Crippen molar-refractivity contribution >= 4 is 32.9 Å². The molecule has 1 amide bonds. The summed E-state index contributed by atoms with van der Waals surface area (Å²) in [5.41, 5.74) is 3.39. The SMILES string of the molecule is C/C=C\C(=O)NCCCc1nc2ccccc2n1Cc1ccc(Br)cc1. The van der Waals surface area contributed by atoms with Crippen molar-refractivity contribution in [1.29, 1.82) is 0 Å². The van der Waals surface area contributed by atoms with Crippen LogP contribution in [0.2, 0.25) is 0 Å². The van der Waals surface area contributed by atoms with E-state index in [2.05, 4.69) is 56.1 Å². The summed E-state index contributed by atoms with van der Waals surface area (Å²) in [5, 5.41) is 2.89. The lowest BCUT2D eigenvalue weighted by Gasteiger charge is -2.10. The number of carbonyl (C=O) groups is 1. The summed E-state index contributed by atoms with van der Waals surface area (Å²) in [5.74, 6) is 1.00. The third kappa shape index (κ3) is 4.61. The Kier molecular flexibility index (Phi) is 6.23. The zero-order valence-corrected chi connectivity index (χ0v) is 16.4. The van der Waals surface area contributed by atoms with Gasteiger partial charge in [0.15, 0.2) is 0 Å². The molecule has 0 bridgehead atoms. The predicted molar refractivity (Wildman–Crippen MR) is 109 cm³/mol. The maximum Gasteiger partial charge on any atom is 0.243 e. The van der Waals surface area contributed by atoms with Crippen LogP contribution >= 0.6 is 15.9 Å². The summed E-state index contributed by atoms with van der Waals surface area (Å²) in [6.45, 7) is 3.27. The van der Waals surface area contributed by atoms with E-state index in [1.54, 1.807) is 12.2 Å². The summed E-state index contributed by atoms with van der Waals surface area (Å²) in [7, 11) is 0. The highest BCUT2D eigenvalue weighted by atomic mass is 79.9. The van der Waals surface area contributed by atoms with E-state index in [9.17, 15) is 4.79 Å². The van der Waals surface area contributed by atoms with E-state index in [1.165, 1.54) is 5.56 Å². The molecule has 4 nitrogen and oxygen atoms in total. The van der Waals surface area contributed by atoms with Crippen molar-refractivity contribution in [3.05, 3.63) is 76.5 Å². The molecule has 0 aliphatic rings.